The summed E-state index contributed by atoms with van der Waals surface area (Å²) < 4.78 is 0. The lowest BCUT2D eigenvalue weighted by molar-refractivity contribution is -0.122. The molecule has 1 aliphatic carbocycles. The number of carbonyl (C=O) groups is 2. The Kier molecular flexibility index (Phi) is 3.60. The molecule has 0 aliphatic heterocycles. The fourth-order valence-electron chi connectivity index (χ4n) is 2.40. The lowest BCUT2D eigenvalue weighted by Gasteiger charge is -2.07. The highest BCUT2D eigenvalue weighted by Crippen LogP contribution is 2.37. The number of hydrogen-bond donors (Lipinski definition) is 3. The van der Waals surface area contributed by atoms with Crippen molar-refractivity contribution < 1.29 is 9.59 Å². The van der Waals surface area contributed by atoms with Gasteiger partial charge in [0.1, 0.15) is 0 Å². The van der Waals surface area contributed by atoms with E-state index < -0.39 is 0 Å². The highest BCUT2D eigenvalue weighted by Gasteiger charge is 2.38. The Hall–Kier alpha value is -2.37. The lowest BCUT2D eigenvalue weighted by Crippen LogP contribution is -2.29. The molecule has 1 aromatic heterocycles. The van der Waals surface area contributed by atoms with Crippen molar-refractivity contribution in [2.75, 3.05) is 11.9 Å². The van der Waals surface area contributed by atoms with Crippen LogP contribution in [0, 0.1) is 11.8 Å². The molecule has 0 spiro atoms. The molecule has 1 heterocycles. The van der Waals surface area contributed by atoms with E-state index in [1.54, 1.807) is 6.20 Å². The summed E-state index contributed by atoms with van der Waals surface area (Å²) in [6.07, 6.45) is 2.93. The zero-order chi connectivity index (χ0) is 14.8. The SMILES string of the molecule is C[C@H]1C[C@H]1C(=O)NCCC(=O)Nc1cccc2cn[nH]c12. The Morgan fingerprint density at radius 2 is 2.24 bits per heavy atom. The molecular weight excluding hydrogens is 268 g/mol. The van der Waals surface area contributed by atoms with Gasteiger partial charge in [-0.1, -0.05) is 19.1 Å². The number of carbonyl (C=O) groups excluding carboxylic acids is 2. The number of aromatic amines is 1. The smallest absolute Gasteiger partial charge is 0.226 e. The van der Waals surface area contributed by atoms with E-state index in [1.165, 1.54) is 0 Å². The van der Waals surface area contributed by atoms with E-state index in [9.17, 15) is 9.59 Å². The third-order valence-corrected chi connectivity index (χ3v) is 3.85. The minimum Gasteiger partial charge on any atom is -0.355 e. The maximum atomic E-state index is 11.9. The molecular formula is C15H18N4O2. The summed E-state index contributed by atoms with van der Waals surface area (Å²) in [5.41, 5.74) is 1.51. The van der Waals surface area contributed by atoms with E-state index in [1.807, 2.05) is 18.2 Å². The van der Waals surface area contributed by atoms with Gasteiger partial charge >= 0.3 is 0 Å². The zero-order valence-electron chi connectivity index (χ0n) is 11.8. The quantitative estimate of drug-likeness (QED) is 0.781. The fraction of sp³-hybridized carbons (Fsp3) is 0.400. The minimum atomic E-state index is -0.124. The average molecular weight is 286 g/mol. The molecule has 1 saturated carbocycles. The Morgan fingerprint density at radius 3 is 3.00 bits per heavy atom. The van der Waals surface area contributed by atoms with Gasteiger partial charge in [0, 0.05) is 24.3 Å². The Balaban J connectivity index is 1.50. The van der Waals surface area contributed by atoms with Crippen molar-refractivity contribution in [3.8, 4) is 0 Å². The first-order chi connectivity index (χ1) is 10.1. The Bertz CT molecular complexity index is 679. The van der Waals surface area contributed by atoms with Gasteiger partial charge in [-0.15, -0.1) is 0 Å². The van der Waals surface area contributed by atoms with Gasteiger partial charge in [-0.25, -0.2) is 0 Å². The second-order valence-corrected chi connectivity index (χ2v) is 5.55. The van der Waals surface area contributed by atoms with Crippen molar-refractivity contribution in [3.05, 3.63) is 24.4 Å². The number of amides is 2. The number of benzene rings is 1. The number of nitrogens with zero attached hydrogens (tertiary/aromatic N) is 1. The van der Waals surface area contributed by atoms with Gasteiger partial charge in [-0.2, -0.15) is 5.10 Å². The maximum Gasteiger partial charge on any atom is 0.226 e. The summed E-state index contributed by atoms with van der Waals surface area (Å²) >= 11 is 0. The van der Waals surface area contributed by atoms with Crippen LogP contribution in [-0.2, 0) is 9.59 Å². The van der Waals surface area contributed by atoms with E-state index >= 15 is 0 Å². The molecule has 110 valence electrons. The first-order valence-electron chi connectivity index (χ1n) is 7.15. The van der Waals surface area contributed by atoms with Gasteiger partial charge in [-0.3, -0.25) is 14.7 Å². The van der Waals surface area contributed by atoms with Gasteiger partial charge in [0.05, 0.1) is 17.4 Å². The van der Waals surface area contributed by atoms with Crippen molar-refractivity contribution in [3.63, 3.8) is 0 Å². The second-order valence-electron chi connectivity index (χ2n) is 5.55. The number of nitrogens with one attached hydrogen (secondary N) is 3. The van der Waals surface area contributed by atoms with Gasteiger partial charge in [0.25, 0.3) is 0 Å². The minimum absolute atomic E-state index is 0.0611. The van der Waals surface area contributed by atoms with Crippen molar-refractivity contribution in [2.45, 2.75) is 19.8 Å². The standard InChI is InChI=1S/C15H18N4O2/c1-9-7-11(9)15(21)16-6-5-13(20)18-12-4-2-3-10-8-17-19-14(10)12/h2-4,8-9,11H,5-7H2,1H3,(H,16,21)(H,17,19)(H,18,20)/t9-,11+/m0/s1. The number of hydrogen-bond acceptors (Lipinski definition) is 3. The summed E-state index contributed by atoms with van der Waals surface area (Å²) in [7, 11) is 0. The first kappa shape index (κ1) is 13.6. The van der Waals surface area contributed by atoms with Crippen LogP contribution < -0.4 is 10.6 Å². The molecule has 0 unspecified atom stereocenters. The number of para-hydroxylation sites is 1. The topological polar surface area (TPSA) is 86.9 Å². The van der Waals surface area contributed by atoms with Crippen LogP contribution in [0.4, 0.5) is 5.69 Å². The number of fused-ring (bicyclic) bond motifs is 1. The molecule has 1 aromatic carbocycles. The molecule has 0 saturated heterocycles. The van der Waals surface area contributed by atoms with Crippen molar-refractivity contribution in [2.24, 2.45) is 11.8 Å². The highest BCUT2D eigenvalue weighted by atomic mass is 16.2. The normalized spacial score (nSPS) is 20.2. The molecule has 21 heavy (non-hydrogen) atoms. The molecule has 0 bridgehead atoms. The number of aromatic nitrogens is 2. The van der Waals surface area contributed by atoms with Crippen LogP contribution in [0.25, 0.3) is 10.9 Å². The third kappa shape index (κ3) is 3.04. The molecule has 2 amide bonds. The molecule has 6 nitrogen and oxygen atoms in total. The summed E-state index contributed by atoms with van der Waals surface area (Å²) in [5, 5.41) is 13.4. The van der Waals surface area contributed by atoms with Gasteiger partial charge in [-0.05, 0) is 18.4 Å². The van der Waals surface area contributed by atoms with Crippen molar-refractivity contribution in [1.29, 1.82) is 0 Å². The average Bonchev–Trinajstić information content (AvgIpc) is 3.00. The number of anilines is 1. The number of rotatable bonds is 5. The monoisotopic (exact) mass is 286 g/mol. The van der Waals surface area contributed by atoms with Crippen LogP contribution >= 0.6 is 0 Å². The second kappa shape index (κ2) is 5.55. The largest absolute Gasteiger partial charge is 0.355 e. The molecule has 3 N–H and O–H groups in total. The van der Waals surface area contributed by atoms with Gasteiger partial charge < -0.3 is 10.6 Å². The van der Waals surface area contributed by atoms with Crippen LogP contribution in [0.15, 0.2) is 24.4 Å². The molecule has 2 aromatic rings. The van der Waals surface area contributed by atoms with E-state index in [0.717, 1.165) is 17.3 Å². The van der Waals surface area contributed by atoms with Crippen molar-refractivity contribution in [1.82, 2.24) is 15.5 Å². The predicted octanol–water partition coefficient (Wildman–Crippen LogP) is 1.66. The third-order valence-electron chi connectivity index (χ3n) is 3.85. The fourth-order valence-corrected chi connectivity index (χ4v) is 2.40. The van der Waals surface area contributed by atoms with E-state index in [-0.39, 0.29) is 24.2 Å². The maximum absolute atomic E-state index is 11.9. The summed E-state index contributed by atoms with van der Waals surface area (Å²) in [5.74, 6) is 0.566. The molecule has 0 radical (unpaired) electrons. The van der Waals surface area contributed by atoms with Gasteiger partial charge in [0.2, 0.25) is 11.8 Å². The van der Waals surface area contributed by atoms with Crippen LogP contribution in [0.3, 0.4) is 0 Å². The summed E-state index contributed by atoms with van der Waals surface area (Å²) in [6, 6.07) is 5.61. The molecule has 1 fully saturated rings. The van der Waals surface area contributed by atoms with E-state index in [0.29, 0.717) is 18.2 Å². The van der Waals surface area contributed by atoms with Gasteiger partial charge in [0.15, 0.2) is 0 Å². The Morgan fingerprint density at radius 1 is 1.43 bits per heavy atom. The zero-order valence-corrected chi connectivity index (χ0v) is 11.8. The lowest BCUT2D eigenvalue weighted by atomic mass is 10.2. The summed E-state index contributed by atoms with van der Waals surface area (Å²) in [6.45, 7) is 2.43. The van der Waals surface area contributed by atoms with E-state index in [2.05, 4.69) is 27.8 Å². The first-order valence-corrected chi connectivity index (χ1v) is 7.15. The molecule has 1 aliphatic rings. The molecule has 6 heteroatoms. The van der Waals surface area contributed by atoms with Crippen LogP contribution in [0.2, 0.25) is 0 Å². The molecule has 2 atom stereocenters. The van der Waals surface area contributed by atoms with Crippen LogP contribution in [-0.4, -0.2) is 28.6 Å². The Labute approximate surface area is 122 Å². The number of H-pyrrole nitrogens is 1. The highest BCUT2D eigenvalue weighted by molar-refractivity contribution is 6.00. The van der Waals surface area contributed by atoms with Crippen molar-refractivity contribution >= 4 is 28.4 Å². The van der Waals surface area contributed by atoms with Crippen LogP contribution in [0.1, 0.15) is 19.8 Å². The molecule has 3 rings (SSSR count). The van der Waals surface area contributed by atoms with Crippen LogP contribution in [0.5, 0.6) is 0 Å². The predicted molar refractivity (Wildman–Crippen MR) is 79.6 cm³/mol. The van der Waals surface area contributed by atoms with E-state index in [4.69, 9.17) is 0 Å². The summed E-state index contributed by atoms with van der Waals surface area (Å²) in [4.78, 5) is 23.6.